The SMILES string of the molecule is CCOC(=O)/C(=C\N(C)C)C(=O)c1nc(-c2ccccc2)cs1.CCOC(=O)CC(=O)c1nc(-c2ccccc2)cs1. The van der Waals surface area contributed by atoms with Crippen molar-refractivity contribution in [2.45, 2.75) is 20.3 Å². The number of hydrogen-bond donors (Lipinski definition) is 0. The van der Waals surface area contributed by atoms with E-state index < -0.39 is 17.7 Å². The van der Waals surface area contributed by atoms with Crippen LogP contribution in [0, 0.1) is 0 Å². The molecule has 9 nitrogen and oxygen atoms in total. The maximum absolute atomic E-state index is 12.6. The highest BCUT2D eigenvalue weighted by Gasteiger charge is 2.24. The van der Waals surface area contributed by atoms with Crippen LogP contribution in [-0.4, -0.2) is 65.7 Å². The summed E-state index contributed by atoms with van der Waals surface area (Å²) < 4.78 is 9.70. The number of benzene rings is 2. The van der Waals surface area contributed by atoms with Gasteiger partial charge in [0.2, 0.25) is 11.6 Å². The Morgan fingerprint density at radius 3 is 1.76 bits per heavy atom. The van der Waals surface area contributed by atoms with E-state index in [4.69, 9.17) is 9.47 Å². The van der Waals surface area contributed by atoms with Crippen molar-refractivity contribution in [1.29, 1.82) is 0 Å². The molecule has 0 aliphatic rings. The highest BCUT2D eigenvalue weighted by Crippen LogP contribution is 2.24. The molecule has 0 aliphatic carbocycles. The van der Waals surface area contributed by atoms with Gasteiger partial charge in [0.05, 0.1) is 24.6 Å². The predicted molar refractivity (Wildman–Crippen MR) is 163 cm³/mol. The molecule has 0 unspecified atom stereocenters. The molecule has 0 N–H and O–H groups in total. The van der Waals surface area contributed by atoms with Gasteiger partial charge in [-0.3, -0.25) is 14.4 Å². The van der Waals surface area contributed by atoms with Crippen LogP contribution in [-0.2, 0) is 19.1 Å². The third kappa shape index (κ3) is 9.28. The van der Waals surface area contributed by atoms with Crippen LogP contribution in [0.3, 0.4) is 0 Å². The van der Waals surface area contributed by atoms with Crippen molar-refractivity contribution < 1.29 is 28.7 Å². The van der Waals surface area contributed by atoms with E-state index in [0.717, 1.165) is 16.8 Å². The first-order chi connectivity index (χ1) is 20.2. The fourth-order valence-electron chi connectivity index (χ4n) is 3.47. The van der Waals surface area contributed by atoms with Crippen molar-refractivity contribution in [1.82, 2.24) is 14.9 Å². The second-order valence-electron chi connectivity index (χ2n) is 8.77. The molecule has 0 radical (unpaired) electrons. The topological polar surface area (TPSA) is 116 Å². The minimum Gasteiger partial charge on any atom is -0.466 e. The zero-order chi connectivity index (χ0) is 30.5. The van der Waals surface area contributed by atoms with Crippen molar-refractivity contribution in [3.05, 3.63) is 93.2 Å². The zero-order valence-corrected chi connectivity index (χ0v) is 25.4. The molecule has 0 fully saturated rings. The molecular weight excluding hydrogens is 574 g/mol. The number of ketones is 2. The van der Waals surface area contributed by atoms with Gasteiger partial charge in [0.1, 0.15) is 12.0 Å². The van der Waals surface area contributed by atoms with Crippen molar-refractivity contribution in [3.63, 3.8) is 0 Å². The quantitative estimate of drug-likeness (QED) is 0.0673. The molecule has 0 saturated heterocycles. The first-order valence-electron chi connectivity index (χ1n) is 13.0. The Morgan fingerprint density at radius 1 is 0.762 bits per heavy atom. The Labute approximate surface area is 252 Å². The van der Waals surface area contributed by atoms with Crippen LogP contribution in [0.25, 0.3) is 22.5 Å². The lowest BCUT2D eigenvalue weighted by atomic mass is 10.1. The van der Waals surface area contributed by atoms with Gasteiger partial charge in [-0.25, -0.2) is 14.8 Å². The first kappa shape index (κ1) is 32.0. The molecule has 11 heteroatoms. The van der Waals surface area contributed by atoms with Gasteiger partial charge in [0.25, 0.3) is 0 Å². The van der Waals surface area contributed by atoms with Crippen molar-refractivity contribution in [2.75, 3.05) is 27.3 Å². The Hall–Kier alpha value is -4.48. The lowest BCUT2D eigenvalue weighted by Crippen LogP contribution is -2.19. The summed E-state index contributed by atoms with van der Waals surface area (Å²) in [4.78, 5) is 57.9. The normalized spacial score (nSPS) is 10.7. The molecule has 0 saturated carbocycles. The Bertz CT molecular complexity index is 1530. The molecular formula is C31H31N3O6S2. The lowest BCUT2D eigenvalue weighted by Gasteiger charge is -2.09. The number of carbonyl (C=O) groups is 4. The molecule has 0 aliphatic heterocycles. The molecule has 218 valence electrons. The third-order valence-electron chi connectivity index (χ3n) is 5.32. The molecule has 42 heavy (non-hydrogen) atoms. The average molecular weight is 606 g/mol. The minimum atomic E-state index is -0.636. The number of rotatable bonds is 11. The standard InChI is InChI=1S/C17H18N2O3S.C14H13NO3S/c1-4-22-17(21)13(10-19(2)3)15(20)16-18-14(11-23-16)12-8-6-5-7-9-12;1-2-18-13(17)8-12(16)14-15-11(9-19-14)10-6-4-3-5-7-10/h5-11H,4H2,1-3H3;3-7,9H,2,8H2,1H3/b13-10-;. The van der Waals surface area contributed by atoms with E-state index in [1.54, 1.807) is 38.2 Å². The fourth-order valence-corrected chi connectivity index (χ4v) is 5.01. The monoisotopic (exact) mass is 605 g/mol. The maximum Gasteiger partial charge on any atom is 0.343 e. The van der Waals surface area contributed by atoms with E-state index in [1.165, 1.54) is 28.9 Å². The summed E-state index contributed by atoms with van der Waals surface area (Å²) in [5.41, 5.74) is 3.32. The Balaban J connectivity index is 0.000000235. The number of esters is 2. The van der Waals surface area contributed by atoms with E-state index in [-0.39, 0.29) is 36.0 Å². The van der Waals surface area contributed by atoms with Crippen molar-refractivity contribution in [3.8, 4) is 22.5 Å². The van der Waals surface area contributed by atoms with Crippen LogP contribution in [0.2, 0.25) is 0 Å². The Morgan fingerprint density at radius 2 is 1.26 bits per heavy atom. The largest absolute Gasteiger partial charge is 0.466 e. The fraction of sp³-hybridized carbons (Fsp3) is 0.226. The van der Waals surface area contributed by atoms with Crippen LogP contribution in [0.1, 0.15) is 39.9 Å². The van der Waals surface area contributed by atoms with Crippen LogP contribution in [0.4, 0.5) is 0 Å². The van der Waals surface area contributed by atoms with Gasteiger partial charge in [-0.2, -0.15) is 0 Å². The van der Waals surface area contributed by atoms with Crippen molar-refractivity contribution >= 4 is 46.2 Å². The third-order valence-corrected chi connectivity index (χ3v) is 7.04. The van der Waals surface area contributed by atoms with E-state index in [0.29, 0.717) is 10.7 Å². The number of ether oxygens (including phenoxy) is 2. The zero-order valence-electron chi connectivity index (χ0n) is 23.7. The summed E-state index contributed by atoms with van der Waals surface area (Å²) in [6.07, 6.45) is 1.21. The second-order valence-corrected chi connectivity index (χ2v) is 10.5. The predicted octanol–water partition coefficient (Wildman–Crippen LogP) is 5.95. The molecule has 4 rings (SSSR count). The van der Waals surface area contributed by atoms with Gasteiger partial charge in [-0.1, -0.05) is 60.7 Å². The molecule has 2 aromatic heterocycles. The van der Waals surface area contributed by atoms with E-state index in [9.17, 15) is 19.2 Å². The number of thiazole rings is 2. The lowest BCUT2D eigenvalue weighted by molar-refractivity contribution is -0.142. The van der Waals surface area contributed by atoms with Gasteiger partial charge in [0, 0.05) is 42.2 Å². The van der Waals surface area contributed by atoms with Crippen LogP contribution in [0.15, 0.2) is 83.2 Å². The first-order valence-corrected chi connectivity index (χ1v) is 14.8. The minimum absolute atomic E-state index is 0.0224. The van der Waals surface area contributed by atoms with E-state index >= 15 is 0 Å². The number of hydrogen-bond acceptors (Lipinski definition) is 11. The molecule has 2 aromatic carbocycles. The Kier molecular flexibility index (Phi) is 12.3. The summed E-state index contributed by atoms with van der Waals surface area (Å²) in [6, 6.07) is 19.2. The highest BCUT2D eigenvalue weighted by atomic mass is 32.1. The molecule has 2 heterocycles. The number of nitrogens with zero attached hydrogens (tertiary/aromatic N) is 3. The van der Waals surface area contributed by atoms with Crippen LogP contribution in [0.5, 0.6) is 0 Å². The van der Waals surface area contributed by atoms with Crippen molar-refractivity contribution in [2.24, 2.45) is 0 Å². The van der Waals surface area contributed by atoms with Gasteiger partial charge >= 0.3 is 11.9 Å². The van der Waals surface area contributed by atoms with Gasteiger partial charge in [-0.15, -0.1) is 22.7 Å². The summed E-state index contributed by atoms with van der Waals surface area (Å²) in [5.74, 6) is -1.87. The maximum atomic E-state index is 12.6. The van der Waals surface area contributed by atoms with Gasteiger partial charge < -0.3 is 14.4 Å². The molecule has 0 amide bonds. The number of aromatic nitrogens is 2. The summed E-state index contributed by atoms with van der Waals surface area (Å²) >= 11 is 2.46. The number of Topliss-reactive ketones (excluding diaryl/α,β-unsaturated/α-hetero) is 2. The molecule has 0 spiro atoms. The van der Waals surface area contributed by atoms with E-state index in [1.807, 2.05) is 66.0 Å². The summed E-state index contributed by atoms with van der Waals surface area (Å²) in [7, 11) is 3.48. The molecule has 0 bridgehead atoms. The van der Waals surface area contributed by atoms with Crippen LogP contribution >= 0.6 is 22.7 Å². The average Bonchev–Trinajstić information content (AvgIpc) is 3.68. The number of carbonyl (C=O) groups excluding carboxylic acids is 4. The van der Waals surface area contributed by atoms with Crippen LogP contribution < -0.4 is 0 Å². The highest BCUT2D eigenvalue weighted by molar-refractivity contribution is 7.12. The van der Waals surface area contributed by atoms with E-state index in [2.05, 4.69) is 9.97 Å². The molecule has 0 atom stereocenters. The smallest absolute Gasteiger partial charge is 0.343 e. The summed E-state index contributed by atoms with van der Waals surface area (Å²) in [5, 5.41) is 4.23. The van der Waals surface area contributed by atoms with Gasteiger partial charge in [-0.05, 0) is 13.8 Å². The second kappa shape index (κ2) is 16.1. The summed E-state index contributed by atoms with van der Waals surface area (Å²) in [6.45, 7) is 3.90. The van der Waals surface area contributed by atoms with Gasteiger partial charge in [0.15, 0.2) is 10.0 Å². The molecule has 4 aromatic rings.